The van der Waals surface area contributed by atoms with Crippen molar-refractivity contribution in [3.8, 4) is 0 Å². The summed E-state index contributed by atoms with van der Waals surface area (Å²) in [5, 5.41) is 5.86. The Morgan fingerprint density at radius 2 is 1.69 bits per heavy atom. The summed E-state index contributed by atoms with van der Waals surface area (Å²) in [6.45, 7) is 8.34. The molecule has 2 N–H and O–H groups in total. The van der Waals surface area contributed by atoms with Crippen LogP contribution < -0.4 is 16.1 Å². The SMILES string of the molecule is CC1(C)OB(c2ccnc(CNc3ncccc3C(=O)NCc3ccc(F)c(F)c3)c2)OC1(C)C. The van der Waals surface area contributed by atoms with Crippen LogP contribution in [0.3, 0.4) is 0 Å². The largest absolute Gasteiger partial charge is 0.494 e. The summed E-state index contributed by atoms with van der Waals surface area (Å²) in [4.78, 5) is 21.4. The summed E-state index contributed by atoms with van der Waals surface area (Å²) in [6.07, 6.45) is 3.26. The topological polar surface area (TPSA) is 85.4 Å². The standard InChI is InChI=1S/C25H27BF2N4O3/c1-24(2)25(3,4)35-26(34-24)17-9-11-29-18(13-17)15-31-22-19(6-5-10-30-22)23(33)32-14-16-7-8-20(27)21(28)12-16/h5-13H,14-15H2,1-4H3,(H,30,31)(H,32,33). The molecular weight excluding hydrogens is 453 g/mol. The first-order chi connectivity index (χ1) is 16.6. The lowest BCUT2D eigenvalue weighted by Crippen LogP contribution is -2.41. The molecule has 1 aromatic carbocycles. The van der Waals surface area contributed by atoms with Crippen LogP contribution in [0.5, 0.6) is 0 Å². The molecule has 3 heterocycles. The number of nitrogens with zero attached hydrogens (tertiary/aromatic N) is 2. The van der Waals surface area contributed by atoms with E-state index in [0.29, 0.717) is 23.5 Å². The number of carbonyl (C=O) groups excluding carboxylic acids is 1. The zero-order valence-electron chi connectivity index (χ0n) is 20.1. The number of aromatic nitrogens is 2. The number of hydrogen-bond acceptors (Lipinski definition) is 6. The minimum atomic E-state index is -0.962. The summed E-state index contributed by atoms with van der Waals surface area (Å²) < 4.78 is 38.8. The van der Waals surface area contributed by atoms with Crippen molar-refractivity contribution >= 4 is 24.3 Å². The van der Waals surface area contributed by atoms with Gasteiger partial charge in [0, 0.05) is 18.9 Å². The Morgan fingerprint density at radius 1 is 0.943 bits per heavy atom. The van der Waals surface area contributed by atoms with E-state index in [-0.39, 0.29) is 6.54 Å². The van der Waals surface area contributed by atoms with Gasteiger partial charge in [0.05, 0.1) is 29.0 Å². The van der Waals surface area contributed by atoms with Gasteiger partial charge in [-0.15, -0.1) is 0 Å². The van der Waals surface area contributed by atoms with E-state index in [1.54, 1.807) is 24.5 Å². The third kappa shape index (κ3) is 5.49. The maximum Gasteiger partial charge on any atom is 0.494 e. The van der Waals surface area contributed by atoms with Crippen LogP contribution >= 0.6 is 0 Å². The lowest BCUT2D eigenvalue weighted by atomic mass is 9.79. The quantitative estimate of drug-likeness (QED) is 0.503. The molecule has 0 aliphatic carbocycles. The van der Waals surface area contributed by atoms with Crippen LogP contribution in [-0.4, -0.2) is 34.2 Å². The smallest absolute Gasteiger partial charge is 0.399 e. The highest BCUT2D eigenvalue weighted by molar-refractivity contribution is 6.62. The molecule has 0 radical (unpaired) electrons. The van der Waals surface area contributed by atoms with Crippen LogP contribution in [0.1, 0.15) is 49.3 Å². The van der Waals surface area contributed by atoms with Gasteiger partial charge in [0.2, 0.25) is 0 Å². The van der Waals surface area contributed by atoms with Gasteiger partial charge in [0.15, 0.2) is 11.6 Å². The highest BCUT2D eigenvalue weighted by Gasteiger charge is 2.51. The van der Waals surface area contributed by atoms with Gasteiger partial charge in [-0.05, 0) is 75.1 Å². The third-order valence-electron chi connectivity index (χ3n) is 6.29. The number of benzene rings is 1. The minimum absolute atomic E-state index is 0.0437. The molecule has 0 saturated carbocycles. The van der Waals surface area contributed by atoms with E-state index in [1.807, 2.05) is 39.8 Å². The number of nitrogens with one attached hydrogen (secondary N) is 2. The minimum Gasteiger partial charge on any atom is -0.399 e. The average molecular weight is 480 g/mol. The second-order valence-corrected chi connectivity index (χ2v) is 9.35. The summed E-state index contributed by atoms with van der Waals surface area (Å²) in [5.41, 5.74) is 1.43. The Bertz CT molecular complexity index is 1220. The number of rotatable bonds is 7. The van der Waals surface area contributed by atoms with Crippen molar-refractivity contribution < 1.29 is 22.9 Å². The van der Waals surface area contributed by atoms with Crippen molar-refractivity contribution in [3.63, 3.8) is 0 Å². The van der Waals surface area contributed by atoms with E-state index in [4.69, 9.17) is 9.31 Å². The molecule has 7 nitrogen and oxygen atoms in total. The van der Waals surface area contributed by atoms with Crippen molar-refractivity contribution in [1.82, 2.24) is 15.3 Å². The van der Waals surface area contributed by atoms with E-state index in [0.717, 1.165) is 23.3 Å². The summed E-state index contributed by atoms with van der Waals surface area (Å²) in [6, 6.07) is 10.5. The van der Waals surface area contributed by atoms with Crippen molar-refractivity contribution in [2.24, 2.45) is 0 Å². The molecule has 35 heavy (non-hydrogen) atoms. The fourth-order valence-corrected chi connectivity index (χ4v) is 3.55. The normalized spacial score (nSPS) is 16.2. The average Bonchev–Trinajstić information content (AvgIpc) is 3.05. The molecule has 1 fully saturated rings. The van der Waals surface area contributed by atoms with Crippen molar-refractivity contribution in [1.29, 1.82) is 0 Å². The van der Waals surface area contributed by atoms with Crippen LogP contribution in [0.4, 0.5) is 14.6 Å². The third-order valence-corrected chi connectivity index (χ3v) is 6.29. The number of pyridine rings is 2. The molecule has 2 aromatic heterocycles. The van der Waals surface area contributed by atoms with Gasteiger partial charge >= 0.3 is 7.12 Å². The summed E-state index contributed by atoms with van der Waals surface area (Å²) >= 11 is 0. The van der Waals surface area contributed by atoms with Gasteiger partial charge in [0.25, 0.3) is 5.91 Å². The van der Waals surface area contributed by atoms with Gasteiger partial charge in [-0.1, -0.05) is 6.07 Å². The maximum atomic E-state index is 13.4. The molecule has 0 atom stereocenters. The Balaban J connectivity index is 1.42. The zero-order chi connectivity index (χ0) is 25.2. The highest BCUT2D eigenvalue weighted by atomic mass is 19.2. The molecule has 0 spiro atoms. The molecular formula is C25H27BF2N4O3. The van der Waals surface area contributed by atoms with Crippen molar-refractivity contribution in [2.75, 3.05) is 5.32 Å². The van der Waals surface area contributed by atoms with Gasteiger partial charge in [0.1, 0.15) is 5.82 Å². The van der Waals surface area contributed by atoms with E-state index in [1.165, 1.54) is 6.07 Å². The molecule has 1 aliphatic heterocycles. The lowest BCUT2D eigenvalue weighted by Gasteiger charge is -2.32. The fraction of sp³-hybridized carbons (Fsp3) is 0.320. The van der Waals surface area contributed by atoms with E-state index >= 15 is 0 Å². The lowest BCUT2D eigenvalue weighted by molar-refractivity contribution is 0.00578. The Labute approximate surface area is 203 Å². The van der Waals surface area contributed by atoms with Gasteiger partial charge in [-0.2, -0.15) is 0 Å². The molecule has 0 unspecified atom stereocenters. The van der Waals surface area contributed by atoms with Gasteiger partial charge in [-0.25, -0.2) is 13.8 Å². The molecule has 1 saturated heterocycles. The summed E-state index contributed by atoms with van der Waals surface area (Å²) in [5.74, 6) is -1.92. The Hall–Kier alpha value is -3.37. The second-order valence-electron chi connectivity index (χ2n) is 9.35. The number of halogens is 2. The molecule has 3 aromatic rings. The van der Waals surface area contributed by atoms with Crippen molar-refractivity contribution in [2.45, 2.75) is 52.0 Å². The fourth-order valence-electron chi connectivity index (χ4n) is 3.55. The maximum absolute atomic E-state index is 13.4. The van der Waals surface area contributed by atoms with Crippen LogP contribution in [0.25, 0.3) is 0 Å². The Kier molecular flexibility index (Phi) is 6.87. The van der Waals surface area contributed by atoms with Crippen LogP contribution in [0.2, 0.25) is 0 Å². The van der Waals surface area contributed by atoms with E-state index in [2.05, 4.69) is 20.6 Å². The van der Waals surface area contributed by atoms with Crippen LogP contribution in [0.15, 0.2) is 54.9 Å². The molecule has 10 heteroatoms. The van der Waals surface area contributed by atoms with Gasteiger partial charge in [-0.3, -0.25) is 9.78 Å². The van der Waals surface area contributed by atoms with E-state index < -0.39 is 35.9 Å². The van der Waals surface area contributed by atoms with Gasteiger partial charge < -0.3 is 19.9 Å². The molecule has 182 valence electrons. The zero-order valence-corrected chi connectivity index (χ0v) is 20.1. The first kappa shape index (κ1) is 24.7. The Morgan fingerprint density at radius 3 is 2.40 bits per heavy atom. The van der Waals surface area contributed by atoms with E-state index in [9.17, 15) is 13.6 Å². The number of amides is 1. The monoisotopic (exact) mass is 480 g/mol. The molecule has 1 aliphatic rings. The predicted octanol–water partition coefficient (Wildman–Crippen LogP) is 3.60. The summed E-state index contributed by atoms with van der Waals surface area (Å²) in [7, 11) is -0.505. The first-order valence-corrected chi connectivity index (χ1v) is 11.3. The van der Waals surface area contributed by atoms with Crippen molar-refractivity contribution in [3.05, 3.63) is 83.3 Å². The number of hydrogen-bond donors (Lipinski definition) is 2. The molecule has 0 bridgehead atoms. The second kappa shape index (κ2) is 9.71. The number of carbonyl (C=O) groups is 1. The number of anilines is 1. The molecule has 1 amide bonds. The predicted molar refractivity (Wildman–Crippen MR) is 129 cm³/mol. The van der Waals surface area contributed by atoms with Crippen LogP contribution in [0, 0.1) is 11.6 Å². The first-order valence-electron chi connectivity index (χ1n) is 11.3. The highest BCUT2D eigenvalue weighted by Crippen LogP contribution is 2.36. The molecule has 4 rings (SSSR count). The van der Waals surface area contributed by atoms with Crippen LogP contribution in [-0.2, 0) is 22.4 Å².